The maximum Gasteiger partial charge on any atom is 0.191 e. The van der Waals surface area contributed by atoms with Crippen LogP contribution in [0.3, 0.4) is 0 Å². The molecule has 1 atom stereocenters. The van der Waals surface area contributed by atoms with Crippen LogP contribution in [0, 0.1) is 12.8 Å². The lowest BCUT2D eigenvalue weighted by atomic mass is 10.1. The Labute approximate surface area is 206 Å². The SMILES string of the molecule is CN=C(NCc1ccc(C)cc1OCC1CCOC1)NCc1ccnc2ccccc12.I. The van der Waals surface area contributed by atoms with Crippen LogP contribution in [-0.2, 0) is 17.8 Å². The molecule has 0 aliphatic carbocycles. The second-order valence-corrected chi connectivity index (χ2v) is 7.92. The first-order chi connectivity index (χ1) is 15.2. The molecule has 0 bridgehead atoms. The van der Waals surface area contributed by atoms with E-state index in [9.17, 15) is 0 Å². The summed E-state index contributed by atoms with van der Waals surface area (Å²) in [7, 11) is 1.78. The van der Waals surface area contributed by atoms with Crippen LogP contribution in [0.4, 0.5) is 0 Å². The second-order valence-electron chi connectivity index (χ2n) is 7.92. The molecule has 6 nitrogen and oxygen atoms in total. The Morgan fingerprint density at radius 2 is 1.94 bits per heavy atom. The molecule has 0 radical (unpaired) electrons. The highest BCUT2D eigenvalue weighted by Gasteiger charge is 2.17. The van der Waals surface area contributed by atoms with E-state index < -0.39 is 0 Å². The number of halogens is 1. The van der Waals surface area contributed by atoms with Gasteiger partial charge in [-0.15, -0.1) is 24.0 Å². The van der Waals surface area contributed by atoms with Gasteiger partial charge in [-0.1, -0.05) is 30.3 Å². The second kappa shape index (κ2) is 12.0. The number of aromatic nitrogens is 1. The highest BCUT2D eigenvalue weighted by Crippen LogP contribution is 2.23. The minimum atomic E-state index is 0. The van der Waals surface area contributed by atoms with Crippen LogP contribution >= 0.6 is 24.0 Å². The van der Waals surface area contributed by atoms with Gasteiger partial charge in [0.05, 0.1) is 18.7 Å². The summed E-state index contributed by atoms with van der Waals surface area (Å²) < 4.78 is 11.6. The van der Waals surface area contributed by atoms with Gasteiger partial charge in [-0.2, -0.15) is 0 Å². The van der Waals surface area contributed by atoms with Crippen molar-refractivity contribution in [3.05, 3.63) is 71.4 Å². The molecule has 2 heterocycles. The number of hydrogen-bond acceptors (Lipinski definition) is 4. The number of pyridine rings is 1. The molecule has 0 spiro atoms. The summed E-state index contributed by atoms with van der Waals surface area (Å²) in [5.41, 5.74) is 4.49. The first-order valence-corrected chi connectivity index (χ1v) is 10.8. The molecule has 1 aliphatic heterocycles. The number of rotatable bonds is 7. The molecule has 4 rings (SSSR count). The Bertz CT molecular complexity index is 1050. The van der Waals surface area contributed by atoms with Crippen LogP contribution in [0.1, 0.15) is 23.1 Å². The average Bonchev–Trinajstić information content (AvgIpc) is 3.32. The van der Waals surface area contributed by atoms with Crippen LogP contribution in [-0.4, -0.2) is 37.8 Å². The summed E-state index contributed by atoms with van der Waals surface area (Å²) in [6.45, 7) is 5.71. The highest BCUT2D eigenvalue weighted by molar-refractivity contribution is 14.0. The Morgan fingerprint density at radius 1 is 1.12 bits per heavy atom. The number of aryl methyl sites for hydroxylation is 1. The van der Waals surface area contributed by atoms with Crippen LogP contribution in [0.25, 0.3) is 10.9 Å². The topological polar surface area (TPSA) is 67.8 Å². The molecule has 2 N–H and O–H groups in total. The van der Waals surface area contributed by atoms with Gasteiger partial charge >= 0.3 is 0 Å². The molecule has 32 heavy (non-hydrogen) atoms. The number of ether oxygens (including phenoxy) is 2. The van der Waals surface area contributed by atoms with E-state index in [0.717, 1.165) is 47.8 Å². The zero-order chi connectivity index (χ0) is 21.5. The van der Waals surface area contributed by atoms with E-state index in [1.165, 1.54) is 11.1 Å². The number of nitrogens with zero attached hydrogens (tertiary/aromatic N) is 2. The van der Waals surface area contributed by atoms with E-state index >= 15 is 0 Å². The normalized spacial score (nSPS) is 15.9. The van der Waals surface area contributed by atoms with Gasteiger partial charge < -0.3 is 20.1 Å². The Balaban J connectivity index is 0.00000289. The zero-order valence-corrected chi connectivity index (χ0v) is 21.0. The van der Waals surface area contributed by atoms with Crippen molar-refractivity contribution in [1.29, 1.82) is 0 Å². The predicted molar refractivity (Wildman–Crippen MR) is 140 cm³/mol. The highest BCUT2D eigenvalue weighted by atomic mass is 127. The number of guanidine groups is 1. The predicted octanol–water partition coefficient (Wildman–Crippen LogP) is 4.44. The maximum absolute atomic E-state index is 6.16. The maximum atomic E-state index is 6.16. The van der Waals surface area contributed by atoms with Gasteiger partial charge in [0.25, 0.3) is 0 Å². The van der Waals surface area contributed by atoms with Crippen LogP contribution in [0.15, 0.2) is 59.7 Å². The summed E-state index contributed by atoms with van der Waals surface area (Å²) in [5, 5.41) is 7.97. The van der Waals surface area contributed by atoms with Crippen molar-refractivity contribution in [1.82, 2.24) is 15.6 Å². The van der Waals surface area contributed by atoms with E-state index in [2.05, 4.69) is 51.8 Å². The van der Waals surface area contributed by atoms with E-state index in [4.69, 9.17) is 9.47 Å². The number of para-hydroxylation sites is 1. The smallest absolute Gasteiger partial charge is 0.191 e. The van der Waals surface area contributed by atoms with Crippen molar-refractivity contribution in [2.45, 2.75) is 26.4 Å². The molecule has 7 heteroatoms. The van der Waals surface area contributed by atoms with Gasteiger partial charge in [0.2, 0.25) is 0 Å². The molecular weight excluding hydrogens is 515 g/mol. The fourth-order valence-corrected chi connectivity index (χ4v) is 3.75. The van der Waals surface area contributed by atoms with Gasteiger partial charge in [-0.3, -0.25) is 9.98 Å². The summed E-state index contributed by atoms with van der Waals surface area (Å²) in [6.07, 6.45) is 2.92. The number of benzene rings is 2. The lowest BCUT2D eigenvalue weighted by Gasteiger charge is -2.17. The fourth-order valence-electron chi connectivity index (χ4n) is 3.75. The molecule has 3 aromatic rings. The van der Waals surface area contributed by atoms with Crippen molar-refractivity contribution >= 4 is 40.8 Å². The van der Waals surface area contributed by atoms with Crippen molar-refractivity contribution in [2.24, 2.45) is 10.9 Å². The summed E-state index contributed by atoms with van der Waals surface area (Å²) in [5.74, 6) is 2.15. The molecule has 1 aromatic heterocycles. The lowest BCUT2D eigenvalue weighted by Crippen LogP contribution is -2.36. The van der Waals surface area contributed by atoms with Gasteiger partial charge in [0.1, 0.15) is 5.75 Å². The number of fused-ring (bicyclic) bond motifs is 1. The van der Waals surface area contributed by atoms with Crippen molar-refractivity contribution in [2.75, 3.05) is 26.9 Å². The third kappa shape index (κ3) is 6.32. The van der Waals surface area contributed by atoms with E-state index in [0.29, 0.717) is 25.6 Å². The molecule has 0 amide bonds. The first-order valence-electron chi connectivity index (χ1n) is 10.8. The molecular formula is C25H31IN4O2. The van der Waals surface area contributed by atoms with Crippen molar-refractivity contribution in [3.63, 3.8) is 0 Å². The Kier molecular flexibility index (Phi) is 9.11. The van der Waals surface area contributed by atoms with Gasteiger partial charge in [0, 0.05) is 49.8 Å². The van der Waals surface area contributed by atoms with Crippen LogP contribution in [0.2, 0.25) is 0 Å². The molecule has 1 aliphatic rings. The molecule has 1 fully saturated rings. The first kappa shape index (κ1) is 24.3. The molecule has 1 saturated heterocycles. The largest absolute Gasteiger partial charge is 0.493 e. The van der Waals surface area contributed by atoms with Gasteiger partial charge in [-0.25, -0.2) is 0 Å². The minimum Gasteiger partial charge on any atom is -0.493 e. The Morgan fingerprint density at radius 3 is 2.72 bits per heavy atom. The fraction of sp³-hybridized carbons (Fsp3) is 0.360. The van der Waals surface area contributed by atoms with E-state index in [-0.39, 0.29) is 24.0 Å². The monoisotopic (exact) mass is 546 g/mol. The van der Waals surface area contributed by atoms with Crippen LogP contribution < -0.4 is 15.4 Å². The minimum absolute atomic E-state index is 0. The average molecular weight is 546 g/mol. The van der Waals surface area contributed by atoms with E-state index in [1.54, 1.807) is 7.05 Å². The van der Waals surface area contributed by atoms with Gasteiger partial charge in [0.15, 0.2) is 5.96 Å². The Hall–Kier alpha value is -2.39. The van der Waals surface area contributed by atoms with Crippen molar-refractivity contribution in [3.8, 4) is 5.75 Å². The third-order valence-corrected chi connectivity index (χ3v) is 5.58. The quantitative estimate of drug-likeness (QED) is 0.261. The van der Waals surface area contributed by atoms with Crippen molar-refractivity contribution < 1.29 is 9.47 Å². The van der Waals surface area contributed by atoms with Crippen LogP contribution in [0.5, 0.6) is 5.75 Å². The molecule has 2 aromatic carbocycles. The molecule has 1 unspecified atom stereocenters. The number of aliphatic imine (C=N–C) groups is 1. The molecule has 0 saturated carbocycles. The summed E-state index contributed by atoms with van der Waals surface area (Å²) in [4.78, 5) is 8.81. The van der Waals surface area contributed by atoms with Gasteiger partial charge in [-0.05, 0) is 42.7 Å². The summed E-state index contributed by atoms with van der Waals surface area (Å²) in [6, 6.07) is 16.6. The third-order valence-electron chi connectivity index (χ3n) is 5.58. The number of nitrogens with one attached hydrogen (secondary N) is 2. The lowest BCUT2D eigenvalue weighted by molar-refractivity contribution is 0.166. The van der Waals surface area contributed by atoms with E-state index in [1.807, 2.05) is 30.5 Å². The number of hydrogen-bond donors (Lipinski definition) is 2. The summed E-state index contributed by atoms with van der Waals surface area (Å²) >= 11 is 0. The standard InChI is InChI=1S/C25H30N4O2.HI/c1-18-7-8-21(24(13-18)31-17-19-10-12-30-16-19)15-29-25(26-2)28-14-20-9-11-27-23-6-4-3-5-22(20)23;/h3-9,11,13,19H,10,12,14-17H2,1-2H3,(H2,26,28,29);1H. The molecule has 170 valence electrons. The zero-order valence-electron chi connectivity index (χ0n) is 18.6.